The second kappa shape index (κ2) is 11.0. The van der Waals surface area contributed by atoms with E-state index in [0.29, 0.717) is 40.8 Å². The van der Waals surface area contributed by atoms with Crippen molar-refractivity contribution in [1.29, 1.82) is 0 Å². The van der Waals surface area contributed by atoms with Crippen LogP contribution in [-0.4, -0.2) is 32.1 Å². The van der Waals surface area contributed by atoms with Gasteiger partial charge >= 0.3 is 0 Å². The Kier molecular flexibility index (Phi) is 7.94. The molecule has 0 radical (unpaired) electrons. The van der Waals surface area contributed by atoms with Gasteiger partial charge in [-0.25, -0.2) is 8.42 Å². The van der Waals surface area contributed by atoms with Crippen LogP contribution in [-0.2, 0) is 21.3 Å². The number of carbonyl (C=O) groups is 1. The first-order chi connectivity index (χ1) is 17.2. The van der Waals surface area contributed by atoms with Gasteiger partial charge in [-0.05, 0) is 92.6 Å². The van der Waals surface area contributed by atoms with Crippen molar-refractivity contribution in [3.63, 3.8) is 0 Å². The molecule has 10 heteroatoms. The Hall–Kier alpha value is -2.98. The van der Waals surface area contributed by atoms with Gasteiger partial charge in [0, 0.05) is 29.4 Å². The minimum Gasteiger partial charge on any atom is -0.380 e. The average Bonchev–Trinajstić information content (AvgIpc) is 3.15. The van der Waals surface area contributed by atoms with E-state index < -0.39 is 15.9 Å². The summed E-state index contributed by atoms with van der Waals surface area (Å²) in [6.45, 7) is 7.76. The molecule has 1 aromatic heterocycles. The predicted octanol–water partition coefficient (Wildman–Crippen LogP) is 5.55. The molecule has 0 aliphatic carbocycles. The van der Waals surface area contributed by atoms with Gasteiger partial charge in [0.05, 0.1) is 21.7 Å². The molecular weight excluding hydrogens is 518 g/mol. The van der Waals surface area contributed by atoms with E-state index in [1.165, 1.54) is 58.9 Å². The summed E-state index contributed by atoms with van der Waals surface area (Å²) in [7, 11) is -3.78. The summed E-state index contributed by atoms with van der Waals surface area (Å²) in [5, 5.41) is 0.448. The quantitative estimate of drug-likeness (QED) is 0.295. The van der Waals surface area contributed by atoms with Crippen molar-refractivity contribution < 1.29 is 17.9 Å². The van der Waals surface area contributed by atoms with Crippen LogP contribution in [0.2, 0.25) is 5.02 Å². The van der Waals surface area contributed by atoms with Crippen molar-refractivity contribution in [2.24, 2.45) is 4.99 Å². The number of nitrogens with one attached hydrogen (secondary N) is 1. The average molecular weight is 544 g/mol. The first-order valence-electron chi connectivity index (χ1n) is 11.3. The van der Waals surface area contributed by atoms with Gasteiger partial charge in [-0.15, -0.1) is 0 Å². The van der Waals surface area contributed by atoms with Crippen LogP contribution in [0.4, 0.5) is 5.69 Å². The summed E-state index contributed by atoms with van der Waals surface area (Å²) in [4.78, 5) is 18.1. The lowest BCUT2D eigenvalue weighted by Crippen LogP contribution is -2.20. The lowest BCUT2D eigenvalue weighted by Gasteiger charge is -2.08. The van der Waals surface area contributed by atoms with Gasteiger partial charge in [0.15, 0.2) is 4.80 Å². The minimum atomic E-state index is -3.78. The van der Waals surface area contributed by atoms with Crippen molar-refractivity contribution in [3.8, 4) is 0 Å². The summed E-state index contributed by atoms with van der Waals surface area (Å²) >= 11 is 7.30. The highest BCUT2D eigenvalue weighted by Crippen LogP contribution is 2.23. The van der Waals surface area contributed by atoms with Crippen molar-refractivity contribution in [1.82, 2.24) is 4.57 Å². The molecule has 188 valence electrons. The number of anilines is 1. The number of fused-ring (bicyclic) bond motifs is 1. The molecule has 0 aliphatic rings. The summed E-state index contributed by atoms with van der Waals surface area (Å²) in [6, 6.07) is 16.3. The highest BCUT2D eigenvalue weighted by Gasteiger charge is 2.15. The van der Waals surface area contributed by atoms with Crippen molar-refractivity contribution in [2.45, 2.75) is 32.2 Å². The van der Waals surface area contributed by atoms with E-state index >= 15 is 0 Å². The number of nitrogens with zero attached hydrogens (tertiary/aromatic N) is 2. The number of hydrogen-bond acceptors (Lipinski definition) is 5. The fraction of sp³-hybridized carbons (Fsp3) is 0.231. The van der Waals surface area contributed by atoms with Crippen LogP contribution in [0.15, 0.2) is 70.6 Å². The van der Waals surface area contributed by atoms with Crippen LogP contribution >= 0.6 is 22.9 Å². The summed E-state index contributed by atoms with van der Waals surface area (Å²) < 4.78 is 36.3. The molecule has 4 rings (SSSR count). The third kappa shape index (κ3) is 5.87. The van der Waals surface area contributed by atoms with E-state index in [1.807, 2.05) is 11.5 Å². The van der Waals surface area contributed by atoms with Crippen LogP contribution in [0.5, 0.6) is 0 Å². The number of rotatable bonds is 8. The third-order valence-corrected chi connectivity index (χ3v) is 8.36. The molecule has 7 nitrogen and oxygen atoms in total. The Morgan fingerprint density at radius 2 is 1.72 bits per heavy atom. The maximum absolute atomic E-state index is 13.0. The Morgan fingerprint density at radius 1 is 1.06 bits per heavy atom. The van der Waals surface area contributed by atoms with Gasteiger partial charge in [0.2, 0.25) is 0 Å². The van der Waals surface area contributed by atoms with Crippen molar-refractivity contribution >= 4 is 54.8 Å². The molecule has 0 bridgehead atoms. The van der Waals surface area contributed by atoms with Crippen LogP contribution in [0.1, 0.15) is 28.4 Å². The Labute approximate surface area is 219 Å². The number of sulfonamides is 1. The molecule has 0 unspecified atom stereocenters. The zero-order chi connectivity index (χ0) is 25.9. The smallest absolute Gasteiger partial charge is 0.279 e. The fourth-order valence-electron chi connectivity index (χ4n) is 3.58. The largest absolute Gasteiger partial charge is 0.380 e. The van der Waals surface area contributed by atoms with E-state index in [4.69, 9.17) is 16.3 Å². The molecule has 0 atom stereocenters. The zero-order valence-corrected chi connectivity index (χ0v) is 22.5. The van der Waals surface area contributed by atoms with Gasteiger partial charge < -0.3 is 9.30 Å². The lowest BCUT2D eigenvalue weighted by atomic mass is 10.1. The van der Waals surface area contributed by atoms with E-state index in [2.05, 4.69) is 35.7 Å². The Morgan fingerprint density at radius 3 is 2.39 bits per heavy atom. The van der Waals surface area contributed by atoms with E-state index in [9.17, 15) is 13.2 Å². The Bertz CT molecular complexity index is 1570. The topological polar surface area (TPSA) is 89.8 Å². The summed E-state index contributed by atoms with van der Waals surface area (Å²) in [6.07, 6.45) is 0. The highest BCUT2D eigenvalue weighted by atomic mass is 35.5. The standard InChI is InChI=1S/C26H26ClN3O4S2/c1-4-34-14-13-30-23-15-17(2)18(3)16-24(23)35-26(30)28-25(31)19-5-9-21(10-6-19)29-36(32,33)22-11-7-20(27)8-12-22/h5-12,15-16,29H,4,13-14H2,1-3H3. The number of ether oxygens (including phenoxy) is 1. The maximum Gasteiger partial charge on any atom is 0.279 e. The number of benzene rings is 3. The van der Waals surface area contributed by atoms with E-state index in [-0.39, 0.29) is 4.90 Å². The number of halogens is 1. The fourth-order valence-corrected chi connectivity index (χ4v) is 5.90. The van der Waals surface area contributed by atoms with Crippen LogP contribution in [0.25, 0.3) is 10.2 Å². The van der Waals surface area contributed by atoms with Gasteiger partial charge in [0.1, 0.15) is 0 Å². The van der Waals surface area contributed by atoms with Crippen LogP contribution < -0.4 is 9.52 Å². The van der Waals surface area contributed by atoms with Gasteiger partial charge in [0.25, 0.3) is 15.9 Å². The lowest BCUT2D eigenvalue weighted by molar-refractivity contribution is 0.0996. The van der Waals surface area contributed by atoms with E-state index in [1.54, 1.807) is 12.1 Å². The number of amides is 1. The minimum absolute atomic E-state index is 0.0916. The van der Waals surface area contributed by atoms with Crippen molar-refractivity contribution in [2.75, 3.05) is 17.9 Å². The molecule has 0 saturated carbocycles. The molecule has 4 aromatic rings. The number of aryl methyl sites for hydroxylation is 2. The molecule has 0 fully saturated rings. The SMILES string of the molecule is CCOCCn1c(=NC(=O)c2ccc(NS(=O)(=O)c3ccc(Cl)cc3)cc2)sc2cc(C)c(C)cc21. The van der Waals surface area contributed by atoms with Crippen molar-refractivity contribution in [3.05, 3.63) is 87.2 Å². The monoisotopic (exact) mass is 543 g/mol. The molecular formula is C26H26ClN3O4S2. The Balaban J connectivity index is 1.61. The van der Waals surface area contributed by atoms with Gasteiger partial charge in [-0.3, -0.25) is 9.52 Å². The van der Waals surface area contributed by atoms with Crippen LogP contribution in [0, 0.1) is 13.8 Å². The number of carbonyl (C=O) groups excluding carboxylic acids is 1. The number of thiazole rings is 1. The normalized spacial score (nSPS) is 12.3. The first-order valence-corrected chi connectivity index (χ1v) is 14.0. The third-order valence-electron chi connectivity index (χ3n) is 5.67. The second-order valence-electron chi connectivity index (χ2n) is 8.19. The van der Waals surface area contributed by atoms with Crippen LogP contribution in [0.3, 0.4) is 0 Å². The van der Waals surface area contributed by atoms with Gasteiger partial charge in [-0.1, -0.05) is 22.9 Å². The molecule has 1 amide bonds. The zero-order valence-electron chi connectivity index (χ0n) is 20.1. The highest BCUT2D eigenvalue weighted by molar-refractivity contribution is 7.92. The molecule has 36 heavy (non-hydrogen) atoms. The first kappa shape index (κ1) is 26.1. The molecule has 1 N–H and O–H groups in total. The number of hydrogen-bond donors (Lipinski definition) is 1. The maximum atomic E-state index is 13.0. The van der Waals surface area contributed by atoms with E-state index in [0.717, 1.165) is 10.2 Å². The predicted molar refractivity (Wildman–Crippen MR) is 144 cm³/mol. The molecule has 0 spiro atoms. The molecule has 0 saturated heterocycles. The second-order valence-corrected chi connectivity index (χ2v) is 11.3. The molecule has 3 aromatic carbocycles. The summed E-state index contributed by atoms with van der Waals surface area (Å²) in [5.41, 5.74) is 4.04. The summed E-state index contributed by atoms with van der Waals surface area (Å²) in [5.74, 6) is -0.410. The van der Waals surface area contributed by atoms with Gasteiger partial charge in [-0.2, -0.15) is 4.99 Å². The molecule has 1 heterocycles. The number of aromatic nitrogens is 1. The molecule has 0 aliphatic heterocycles.